The summed E-state index contributed by atoms with van der Waals surface area (Å²) in [6, 6.07) is 16.0. The summed E-state index contributed by atoms with van der Waals surface area (Å²) >= 11 is 9.12. The number of carbonyl (C=O) groups is 1. The number of hydrogen-bond donors (Lipinski definition) is 1. The molecule has 1 N–H and O–H groups in total. The fourth-order valence-electron chi connectivity index (χ4n) is 1.63. The molecule has 2 aromatic carbocycles. The molecular formula is C16H15BrClNO3. The molecule has 2 aromatic rings. The Balaban J connectivity index is 1.66. The van der Waals surface area contributed by atoms with Crippen LogP contribution in [0.15, 0.2) is 54.6 Å². The Kier molecular flexibility index (Phi) is 6.71. The summed E-state index contributed by atoms with van der Waals surface area (Å²) in [7, 11) is 0. The fraction of sp³-hybridized carbons (Fsp3) is 0.188. The molecule has 6 heteroatoms. The van der Waals surface area contributed by atoms with Gasteiger partial charge in [-0.15, -0.1) is 0 Å². The van der Waals surface area contributed by atoms with Gasteiger partial charge in [-0.2, -0.15) is 0 Å². The van der Waals surface area contributed by atoms with Crippen LogP contribution in [0.1, 0.15) is 16.8 Å². The van der Waals surface area contributed by atoms with E-state index in [0.29, 0.717) is 23.6 Å². The van der Waals surface area contributed by atoms with Gasteiger partial charge >= 0.3 is 0 Å². The second-order valence-corrected chi connectivity index (χ2v) is 5.87. The average Bonchev–Trinajstić information content (AvgIpc) is 2.55. The second kappa shape index (κ2) is 8.78. The zero-order valence-corrected chi connectivity index (χ0v) is 14.0. The summed E-state index contributed by atoms with van der Waals surface area (Å²) in [6.07, 6.45) is 0.567. The fourth-order valence-corrected chi connectivity index (χ4v) is 2.03. The summed E-state index contributed by atoms with van der Waals surface area (Å²) in [6.45, 7) is 0.443. The van der Waals surface area contributed by atoms with Gasteiger partial charge in [0.1, 0.15) is 10.8 Å². The van der Waals surface area contributed by atoms with Crippen LogP contribution in [-0.2, 0) is 4.84 Å². The third-order valence-corrected chi connectivity index (χ3v) is 3.64. The number of hydroxylamine groups is 1. The van der Waals surface area contributed by atoms with Gasteiger partial charge in [0.05, 0.1) is 6.61 Å². The van der Waals surface area contributed by atoms with Crippen LogP contribution in [0.25, 0.3) is 0 Å². The van der Waals surface area contributed by atoms with Crippen LogP contribution in [0.3, 0.4) is 0 Å². The first-order valence-electron chi connectivity index (χ1n) is 6.68. The van der Waals surface area contributed by atoms with Crippen LogP contribution in [0.4, 0.5) is 0 Å². The summed E-state index contributed by atoms with van der Waals surface area (Å²) in [4.78, 5) is 17.0. The zero-order valence-electron chi connectivity index (χ0n) is 11.7. The molecule has 22 heavy (non-hydrogen) atoms. The van der Waals surface area contributed by atoms with Crippen molar-refractivity contribution in [1.29, 1.82) is 0 Å². The third-order valence-electron chi connectivity index (χ3n) is 2.74. The van der Waals surface area contributed by atoms with Crippen LogP contribution in [0.2, 0.25) is 5.02 Å². The van der Waals surface area contributed by atoms with Crippen molar-refractivity contribution >= 4 is 33.4 Å². The van der Waals surface area contributed by atoms with Crippen molar-refractivity contribution in [3.05, 3.63) is 65.2 Å². The first kappa shape index (κ1) is 16.8. The van der Waals surface area contributed by atoms with Crippen molar-refractivity contribution < 1.29 is 14.4 Å². The highest BCUT2D eigenvalue weighted by Crippen LogP contribution is 2.16. The SMILES string of the molecule is O=C(NOC(Br)CCOc1ccc(Cl)cc1)c1ccccc1. The molecule has 4 nitrogen and oxygen atoms in total. The van der Waals surface area contributed by atoms with Crippen molar-refractivity contribution in [2.45, 2.75) is 11.4 Å². The van der Waals surface area contributed by atoms with Crippen LogP contribution in [0, 0.1) is 0 Å². The Bertz CT molecular complexity index is 592. The maximum absolute atomic E-state index is 11.8. The number of nitrogens with one attached hydrogen (secondary N) is 1. The van der Waals surface area contributed by atoms with Crippen molar-refractivity contribution in [1.82, 2.24) is 5.48 Å². The molecule has 0 saturated carbocycles. The minimum atomic E-state index is -0.340. The summed E-state index contributed by atoms with van der Waals surface area (Å²) in [5.41, 5.74) is 2.94. The minimum absolute atomic E-state index is 0.288. The number of carbonyl (C=O) groups excluding carboxylic acids is 1. The number of benzene rings is 2. The van der Waals surface area contributed by atoms with E-state index in [-0.39, 0.29) is 10.9 Å². The van der Waals surface area contributed by atoms with E-state index < -0.39 is 0 Å². The number of rotatable bonds is 7. The van der Waals surface area contributed by atoms with Gasteiger partial charge in [-0.25, -0.2) is 5.48 Å². The van der Waals surface area contributed by atoms with Gasteiger partial charge in [0.25, 0.3) is 5.91 Å². The maximum Gasteiger partial charge on any atom is 0.274 e. The van der Waals surface area contributed by atoms with E-state index in [0.717, 1.165) is 5.75 Å². The van der Waals surface area contributed by atoms with Crippen molar-refractivity contribution in [3.8, 4) is 5.75 Å². The maximum atomic E-state index is 11.8. The Labute approximate surface area is 142 Å². The molecule has 0 aliphatic carbocycles. The molecule has 0 spiro atoms. The molecule has 1 atom stereocenters. The monoisotopic (exact) mass is 383 g/mol. The highest BCUT2D eigenvalue weighted by molar-refractivity contribution is 9.09. The van der Waals surface area contributed by atoms with E-state index in [1.54, 1.807) is 48.5 Å². The van der Waals surface area contributed by atoms with Crippen molar-refractivity contribution in [3.63, 3.8) is 0 Å². The largest absolute Gasteiger partial charge is 0.493 e. The smallest absolute Gasteiger partial charge is 0.274 e. The molecular weight excluding hydrogens is 370 g/mol. The van der Waals surface area contributed by atoms with E-state index in [1.807, 2.05) is 6.07 Å². The topological polar surface area (TPSA) is 47.6 Å². The molecule has 1 unspecified atom stereocenters. The molecule has 0 fully saturated rings. The van der Waals surface area contributed by atoms with Crippen LogP contribution in [-0.4, -0.2) is 17.5 Å². The first-order chi connectivity index (χ1) is 10.6. The van der Waals surface area contributed by atoms with Crippen LogP contribution in [0.5, 0.6) is 5.75 Å². The number of amides is 1. The first-order valence-corrected chi connectivity index (χ1v) is 7.98. The lowest BCUT2D eigenvalue weighted by Crippen LogP contribution is -2.27. The van der Waals surface area contributed by atoms with Gasteiger partial charge in [-0.3, -0.25) is 9.63 Å². The van der Waals surface area contributed by atoms with Gasteiger partial charge in [-0.1, -0.05) is 45.7 Å². The third kappa shape index (κ3) is 5.67. The van der Waals surface area contributed by atoms with Gasteiger partial charge in [0.2, 0.25) is 0 Å². The normalized spacial score (nSPS) is 11.7. The predicted molar refractivity (Wildman–Crippen MR) is 89.3 cm³/mol. The van der Waals surface area contributed by atoms with E-state index in [4.69, 9.17) is 21.2 Å². The Hall–Kier alpha value is -1.56. The lowest BCUT2D eigenvalue weighted by atomic mass is 10.2. The van der Waals surface area contributed by atoms with Crippen molar-refractivity contribution in [2.75, 3.05) is 6.61 Å². The molecule has 0 saturated heterocycles. The summed E-state index contributed by atoms with van der Waals surface area (Å²) in [5.74, 6) is 0.445. The van der Waals surface area contributed by atoms with Gasteiger partial charge < -0.3 is 4.74 Å². The van der Waals surface area contributed by atoms with E-state index in [2.05, 4.69) is 21.4 Å². The Morgan fingerprint density at radius 2 is 1.82 bits per heavy atom. The molecule has 0 aliphatic rings. The molecule has 0 radical (unpaired) electrons. The predicted octanol–water partition coefficient (Wildman–Crippen LogP) is 4.19. The average molecular weight is 385 g/mol. The molecule has 2 rings (SSSR count). The molecule has 1 amide bonds. The molecule has 116 valence electrons. The molecule has 0 heterocycles. The van der Waals surface area contributed by atoms with Gasteiger partial charge in [0.15, 0.2) is 0 Å². The number of ether oxygens (including phenoxy) is 1. The number of hydrogen-bond acceptors (Lipinski definition) is 3. The molecule has 0 aromatic heterocycles. The van der Waals surface area contributed by atoms with Crippen LogP contribution >= 0.6 is 27.5 Å². The summed E-state index contributed by atoms with van der Waals surface area (Å²) < 4.78 is 5.54. The number of alkyl halides is 1. The van der Waals surface area contributed by atoms with Crippen LogP contribution < -0.4 is 10.2 Å². The lowest BCUT2D eigenvalue weighted by molar-refractivity contribution is 0.0162. The Morgan fingerprint density at radius 1 is 1.14 bits per heavy atom. The van der Waals surface area contributed by atoms with E-state index in [9.17, 15) is 4.79 Å². The van der Waals surface area contributed by atoms with E-state index >= 15 is 0 Å². The van der Waals surface area contributed by atoms with Gasteiger partial charge in [0, 0.05) is 17.0 Å². The quantitative estimate of drug-likeness (QED) is 0.575. The Morgan fingerprint density at radius 3 is 2.50 bits per heavy atom. The second-order valence-electron chi connectivity index (χ2n) is 4.42. The molecule has 0 bridgehead atoms. The number of halogens is 2. The van der Waals surface area contributed by atoms with E-state index in [1.165, 1.54) is 0 Å². The summed E-state index contributed by atoms with van der Waals surface area (Å²) in [5, 5.41) is 0.324. The minimum Gasteiger partial charge on any atom is -0.493 e. The lowest BCUT2D eigenvalue weighted by Gasteiger charge is -2.12. The highest BCUT2D eigenvalue weighted by Gasteiger charge is 2.09. The van der Waals surface area contributed by atoms with Crippen molar-refractivity contribution in [2.24, 2.45) is 0 Å². The zero-order chi connectivity index (χ0) is 15.8. The highest BCUT2D eigenvalue weighted by atomic mass is 79.9. The van der Waals surface area contributed by atoms with Gasteiger partial charge in [-0.05, 0) is 36.4 Å². The standard InChI is InChI=1S/C16H15BrClNO3/c17-15(10-11-21-14-8-6-13(18)7-9-14)22-19-16(20)12-4-2-1-3-5-12/h1-9,15H,10-11H2,(H,19,20). The molecule has 0 aliphatic heterocycles.